The van der Waals surface area contributed by atoms with E-state index in [-0.39, 0.29) is 0 Å². The van der Waals surface area contributed by atoms with Gasteiger partial charge in [0.15, 0.2) is 0 Å². The highest BCUT2D eigenvalue weighted by atomic mass is 16.3. The summed E-state index contributed by atoms with van der Waals surface area (Å²) in [5.41, 5.74) is 1.86. The van der Waals surface area contributed by atoms with Crippen molar-refractivity contribution in [2.24, 2.45) is 11.8 Å². The lowest BCUT2D eigenvalue weighted by Gasteiger charge is -2.39. The molecule has 0 aromatic heterocycles. The topological polar surface area (TPSA) is 20.2 Å². The van der Waals surface area contributed by atoms with Crippen LogP contribution in [0.2, 0.25) is 0 Å². The number of aryl methyl sites for hydroxylation is 1. The smallest absolute Gasteiger partial charge is 0.0899 e. The normalized spacial score (nSPS) is 33.6. The van der Waals surface area contributed by atoms with Crippen LogP contribution in [0.1, 0.15) is 51.2 Å². The first-order valence-electron chi connectivity index (χ1n) is 6.87. The van der Waals surface area contributed by atoms with Gasteiger partial charge in [-0.3, -0.25) is 0 Å². The second-order valence-electron chi connectivity index (χ2n) is 5.78. The van der Waals surface area contributed by atoms with E-state index in [1.807, 2.05) is 0 Å². The Bertz CT molecular complexity index is 385. The van der Waals surface area contributed by atoms with Gasteiger partial charge in [0.05, 0.1) is 5.60 Å². The molecule has 94 valence electrons. The summed E-state index contributed by atoms with van der Waals surface area (Å²) in [6.07, 6.45) is 3.98. The average molecular weight is 232 g/mol. The quantitative estimate of drug-likeness (QED) is 0.820. The summed E-state index contributed by atoms with van der Waals surface area (Å²) in [7, 11) is 0. The summed E-state index contributed by atoms with van der Waals surface area (Å²) in [5.74, 6) is 1.35. The van der Waals surface area contributed by atoms with Crippen molar-refractivity contribution in [1.82, 2.24) is 0 Å². The molecule has 0 amide bonds. The zero-order valence-electron chi connectivity index (χ0n) is 11.2. The first-order valence-corrected chi connectivity index (χ1v) is 6.87. The largest absolute Gasteiger partial charge is 0.385 e. The molecule has 1 heteroatoms. The molecule has 1 nitrogen and oxygen atoms in total. The molecular formula is C16H24O. The Morgan fingerprint density at radius 2 is 2.06 bits per heavy atom. The van der Waals surface area contributed by atoms with Gasteiger partial charge in [-0.2, -0.15) is 0 Å². The van der Waals surface area contributed by atoms with Crippen molar-refractivity contribution >= 4 is 0 Å². The highest BCUT2D eigenvalue weighted by Crippen LogP contribution is 2.42. The van der Waals surface area contributed by atoms with E-state index in [2.05, 4.69) is 45.0 Å². The van der Waals surface area contributed by atoms with Crippen molar-refractivity contribution in [3.63, 3.8) is 0 Å². The van der Waals surface area contributed by atoms with Gasteiger partial charge in [-0.25, -0.2) is 0 Å². The SMILES string of the molecule is CCc1cccc(C2(O)CCC(C)C(C)C2)c1. The molecule has 3 atom stereocenters. The molecule has 0 radical (unpaired) electrons. The van der Waals surface area contributed by atoms with E-state index >= 15 is 0 Å². The monoisotopic (exact) mass is 232 g/mol. The van der Waals surface area contributed by atoms with Crippen LogP contribution in [0.25, 0.3) is 0 Å². The van der Waals surface area contributed by atoms with Gasteiger partial charge in [0.25, 0.3) is 0 Å². The second kappa shape index (κ2) is 4.81. The highest BCUT2D eigenvalue weighted by Gasteiger charge is 2.37. The van der Waals surface area contributed by atoms with Gasteiger partial charge in [0.2, 0.25) is 0 Å². The van der Waals surface area contributed by atoms with Crippen molar-refractivity contribution in [1.29, 1.82) is 0 Å². The Balaban J connectivity index is 2.25. The molecule has 1 saturated carbocycles. The minimum atomic E-state index is -0.586. The number of benzene rings is 1. The van der Waals surface area contributed by atoms with Crippen molar-refractivity contribution in [3.8, 4) is 0 Å². The number of rotatable bonds is 2. The molecule has 1 aromatic carbocycles. The first kappa shape index (κ1) is 12.6. The van der Waals surface area contributed by atoms with E-state index in [0.29, 0.717) is 5.92 Å². The van der Waals surface area contributed by atoms with Crippen molar-refractivity contribution < 1.29 is 5.11 Å². The Kier molecular flexibility index (Phi) is 3.58. The van der Waals surface area contributed by atoms with E-state index < -0.39 is 5.60 Å². The van der Waals surface area contributed by atoms with Crippen LogP contribution in [0.5, 0.6) is 0 Å². The maximum absolute atomic E-state index is 10.9. The summed E-state index contributed by atoms with van der Waals surface area (Å²) in [5, 5.41) is 10.9. The van der Waals surface area contributed by atoms with Gasteiger partial charge in [-0.05, 0) is 48.6 Å². The maximum Gasteiger partial charge on any atom is 0.0899 e. The Morgan fingerprint density at radius 1 is 1.29 bits per heavy atom. The third-order valence-corrected chi connectivity index (χ3v) is 4.52. The van der Waals surface area contributed by atoms with Gasteiger partial charge in [-0.15, -0.1) is 0 Å². The Morgan fingerprint density at radius 3 is 2.71 bits per heavy atom. The van der Waals surface area contributed by atoms with Crippen LogP contribution in [-0.4, -0.2) is 5.11 Å². The lowest BCUT2D eigenvalue weighted by atomic mass is 9.70. The van der Waals surface area contributed by atoms with Crippen LogP contribution in [0.3, 0.4) is 0 Å². The molecule has 0 heterocycles. The average Bonchev–Trinajstić information content (AvgIpc) is 2.34. The molecule has 17 heavy (non-hydrogen) atoms. The fraction of sp³-hybridized carbons (Fsp3) is 0.625. The lowest BCUT2D eigenvalue weighted by molar-refractivity contribution is -0.0336. The fourth-order valence-electron chi connectivity index (χ4n) is 2.93. The lowest BCUT2D eigenvalue weighted by Crippen LogP contribution is -2.35. The third kappa shape index (κ3) is 2.55. The molecule has 3 unspecified atom stereocenters. The van der Waals surface area contributed by atoms with Crippen molar-refractivity contribution in [2.75, 3.05) is 0 Å². The van der Waals surface area contributed by atoms with Crippen molar-refractivity contribution in [3.05, 3.63) is 35.4 Å². The second-order valence-corrected chi connectivity index (χ2v) is 5.78. The van der Waals surface area contributed by atoms with Gasteiger partial charge in [0.1, 0.15) is 0 Å². The molecule has 1 aromatic rings. The van der Waals surface area contributed by atoms with E-state index in [1.165, 1.54) is 5.56 Å². The molecule has 2 rings (SSSR count). The molecule has 0 spiro atoms. The standard InChI is InChI=1S/C16H24O/c1-4-14-6-5-7-15(10-14)16(17)9-8-12(2)13(3)11-16/h5-7,10,12-13,17H,4,8-9,11H2,1-3H3. The molecule has 1 N–H and O–H groups in total. The predicted molar refractivity (Wildman–Crippen MR) is 71.9 cm³/mol. The van der Waals surface area contributed by atoms with Crippen LogP contribution in [0, 0.1) is 11.8 Å². The van der Waals surface area contributed by atoms with Gasteiger partial charge >= 0.3 is 0 Å². The van der Waals surface area contributed by atoms with E-state index in [0.717, 1.165) is 37.2 Å². The zero-order chi connectivity index (χ0) is 12.5. The Hall–Kier alpha value is -0.820. The molecule has 1 fully saturated rings. The van der Waals surface area contributed by atoms with Gasteiger partial charge < -0.3 is 5.11 Å². The van der Waals surface area contributed by atoms with Crippen LogP contribution >= 0.6 is 0 Å². The summed E-state index contributed by atoms with van der Waals surface area (Å²) < 4.78 is 0. The first-order chi connectivity index (χ1) is 8.05. The summed E-state index contributed by atoms with van der Waals surface area (Å²) >= 11 is 0. The molecule has 1 aliphatic carbocycles. The van der Waals surface area contributed by atoms with Crippen LogP contribution < -0.4 is 0 Å². The summed E-state index contributed by atoms with van der Waals surface area (Å²) in [6, 6.07) is 8.49. The van der Waals surface area contributed by atoms with Gasteiger partial charge in [-0.1, -0.05) is 45.0 Å². The summed E-state index contributed by atoms with van der Waals surface area (Å²) in [6.45, 7) is 6.72. The molecule has 0 aliphatic heterocycles. The Labute approximate surface area is 105 Å². The highest BCUT2D eigenvalue weighted by molar-refractivity contribution is 5.28. The fourth-order valence-corrected chi connectivity index (χ4v) is 2.93. The van der Waals surface area contributed by atoms with Crippen molar-refractivity contribution in [2.45, 2.75) is 52.1 Å². The molecule has 0 saturated heterocycles. The minimum absolute atomic E-state index is 0.586. The minimum Gasteiger partial charge on any atom is -0.385 e. The van der Waals surface area contributed by atoms with E-state index in [1.54, 1.807) is 0 Å². The van der Waals surface area contributed by atoms with Crippen LogP contribution in [0.4, 0.5) is 0 Å². The molecule has 0 bridgehead atoms. The van der Waals surface area contributed by atoms with E-state index in [4.69, 9.17) is 0 Å². The summed E-state index contributed by atoms with van der Waals surface area (Å²) in [4.78, 5) is 0. The molecule has 1 aliphatic rings. The maximum atomic E-state index is 10.9. The van der Waals surface area contributed by atoms with Crippen LogP contribution in [0.15, 0.2) is 24.3 Å². The number of aliphatic hydroxyl groups is 1. The zero-order valence-corrected chi connectivity index (χ0v) is 11.2. The van der Waals surface area contributed by atoms with Gasteiger partial charge in [0, 0.05) is 0 Å². The third-order valence-electron chi connectivity index (χ3n) is 4.52. The molecular weight excluding hydrogens is 208 g/mol. The number of hydrogen-bond acceptors (Lipinski definition) is 1. The van der Waals surface area contributed by atoms with Crippen LogP contribution in [-0.2, 0) is 12.0 Å². The van der Waals surface area contributed by atoms with E-state index in [9.17, 15) is 5.11 Å². The predicted octanol–water partition coefficient (Wildman–Crippen LogP) is 3.89. The number of hydrogen-bond donors (Lipinski definition) is 1.